The third-order valence-corrected chi connectivity index (χ3v) is 6.50. The van der Waals surface area contributed by atoms with Crippen LogP contribution in [0, 0.1) is 13.8 Å². The lowest BCUT2D eigenvalue weighted by atomic mass is 10.00. The van der Waals surface area contributed by atoms with Crippen molar-refractivity contribution in [3.63, 3.8) is 0 Å². The van der Waals surface area contributed by atoms with Crippen LogP contribution in [0.2, 0.25) is 0 Å². The fraction of sp³-hybridized carbons (Fsp3) is 0.500. The van der Waals surface area contributed by atoms with Gasteiger partial charge in [0.1, 0.15) is 0 Å². The minimum absolute atomic E-state index is 0.195. The van der Waals surface area contributed by atoms with Gasteiger partial charge in [-0.25, -0.2) is 9.59 Å². The Kier molecular flexibility index (Phi) is 12.2. The van der Waals surface area contributed by atoms with Gasteiger partial charge in [0.15, 0.2) is 0 Å². The SMILES string of the molecule is CCN(CC)CCNC(=O)Nc1ccc(-c2ccc(NC(=O)NCCN(CC)CC)c(C)c2)cc1C. The van der Waals surface area contributed by atoms with Crippen LogP contribution >= 0.6 is 0 Å². The number of nitrogens with one attached hydrogen (secondary N) is 4. The number of likely N-dealkylation sites (N-methyl/N-ethyl adjacent to an activating group) is 2. The molecular formula is C28H44N6O2. The van der Waals surface area contributed by atoms with Gasteiger partial charge in [0.05, 0.1) is 0 Å². The lowest BCUT2D eigenvalue weighted by molar-refractivity contribution is 0.247. The van der Waals surface area contributed by atoms with Gasteiger partial charge < -0.3 is 31.1 Å². The number of benzene rings is 2. The quantitative estimate of drug-likeness (QED) is 0.318. The summed E-state index contributed by atoms with van der Waals surface area (Å²) < 4.78 is 0. The Bertz CT molecular complexity index is 907. The Morgan fingerprint density at radius 3 is 1.31 bits per heavy atom. The highest BCUT2D eigenvalue weighted by Gasteiger charge is 2.10. The van der Waals surface area contributed by atoms with Crippen LogP contribution in [0.1, 0.15) is 38.8 Å². The van der Waals surface area contributed by atoms with Crippen molar-refractivity contribution < 1.29 is 9.59 Å². The molecule has 8 nitrogen and oxygen atoms in total. The van der Waals surface area contributed by atoms with Crippen molar-refractivity contribution in [1.82, 2.24) is 20.4 Å². The summed E-state index contributed by atoms with van der Waals surface area (Å²) in [4.78, 5) is 29.1. The molecule has 0 unspecified atom stereocenters. The van der Waals surface area contributed by atoms with E-state index in [2.05, 4.69) is 70.9 Å². The number of hydrogen-bond donors (Lipinski definition) is 4. The largest absolute Gasteiger partial charge is 0.337 e. The van der Waals surface area contributed by atoms with E-state index >= 15 is 0 Å². The topological polar surface area (TPSA) is 88.7 Å². The van der Waals surface area contributed by atoms with E-state index in [0.29, 0.717) is 13.1 Å². The van der Waals surface area contributed by atoms with Crippen molar-refractivity contribution in [2.45, 2.75) is 41.5 Å². The van der Waals surface area contributed by atoms with E-state index < -0.39 is 0 Å². The van der Waals surface area contributed by atoms with Gasteiger partial charge in [-0.1, -0.05) is 39.8 Å². The molecule has 0 aliphatic carbocycles. The zero-order valence-corrected chi connectivity index (χ0v) is 22.8. The van der Waals surface area contributed by atoms with Gasteiger partial charge in [0.2, 0.25) is 0 Å². The zero-order chi connectivity index (χ0) is 26.5. The molecule has 0 saturated carbocycles. The molecule has 0 radical (unpaired) electrons. The minimum Gasteiger partial charge on any atom is -0.337 e. The number of rotatable bonds is 13. The molecule has 0 fully saturated rings. The van der Waals surface area contributed by atoms with Crippen molar-refractivity contribution in [2.24, 2.45) is 0 Å². The molecule has 0 atom stereocenters. The lowest BCUT2D eigenvalue weighted by Crippen LogP contribution is -2.37. The van der Waals surface area contributed by atoms with Crippen molar-refractivity contribution in [3.05, 3.63) is 47.5 Å². The molecule has 0 aliphatic heterocycles. The summed E-state index contributed by atoms with van der Waals surface area (Å²) in [5, 5.41) is 11.7. The van der Waals surface area contributed by atoms with E-state index in [4.69, 9.17) is 0 Å². The minimum atomic E-state index is -0.195. The summed E-state index contributed by atoms with van der Waals surface area (Å²) in [6.07, 6.45) is 0. The summed E-state index contributed by atoms with van der Waals surface area (Å²) in [6.45, 7) is 19.2. The van der Waals surface area contributed by atoms with Crippen LogP contribution < -0.4 is 21.3 Å². The van der Waals surface area contributed by atoms with Gasteiger partial charge in [-0.15, -0.1) is 0 Å². The van der Waals surface area contributed by atoms with E-state index in [-0.39, 0.29) is 12.1 Å². The molecule has 2 aromatic carbocycles. The van der Waals surface area contributed by atoms with Gasteiger partial charge >= 0.3 is 12.1 Å². The zero-order valence-electron chi connectivity index (χ0n) is 22.8. The van der Waals surface area contributed by atoms with Crippen LogP contribution in [0.5, 0.6) is 0 Å². The van der Waals surface area contributed by atoms with Crippen LogP contribution in [0.15, 0.2) is 36.4 Å². The maximum Gasteiger partial charge on any atom is 0.319 e. The Morgan fingerprint density at radius 1 is 0.639 bits per heavy atom. The Balaban J connectivity index is 1.93. The standard InChI is InChI=1S/C28H44N6O2/c1-7-33(8-2)17-15-29-27(35)31-25-13-11-23(19-21(25)5)24-12-14-26(22(6)20-24)32-28(36)30-16-18-34(9-3)10-4/h11-14,19-20H,7-10,15-18H2,1-6H3,(H2,29,31,35)(H2,30,32,36). The molecule has 4 N–H and O–H groups in total. The average molecular weight is 497 g/mol. The second-order valence-corrected chi connectivity index (χ2v) is 8.87. The van der Waals surface area contributed by atoms with Crippen LogP contribution in [0.25, 0.3) is 11.1 Å². The number of hydrogen-bond acceptors (Lipinski definition) is 4. The fourth-order valence-electron chi connectivity index (χ4n) is 4.03. The van der Waals surface area contributed by atoms with E-state index in [1.54, 1.807) is 0 Å². The van der Waals surface area contributed by atoms with Crippen molar-refractivity contribution in [3.8, 4) is 11.1 Å². The van der Waals surface area contributed by atoms with Crippen molar-refractivity contribution >= 4 is 23.4 Å². The molecule has 2 aromatic rings. The number of aryl methyl sites for hydroxylation is 2. The van der Waals surface area contributed by atoms with E-state index in [9.17, 15) is 9.59 Å². The summed E-state index contributed by atoms with van der Waals surface area (Å²) in [5.74, 6) is 0. The highest BCUT2D eigenvalue weighted by molar-refractivity contribution is 5.91. The summed E-state index contributed by atoms with van der Waals surface area (Å²) >= 11 is 0. The molecule has 8 heteroatoms. The van der Waals surface area contributed by atoms with Crippen LogP contribution in [-0.4, -0.2) is 74.2 Å². The van der Waals surface area contributed by atoms with Crippen molar-refractivity contribution in [2.75, 3.05) is 63.0 Å². The highest BCUT2D eigenvalue weighted by Crippen LogP contribution is 2.28. The number of amides is 4. The first-order valence-corrected chi connectivity index (χ1v) is 13.1. The Morgan fingerprint density at radius 2 is 1.00 bits per heavy atom. The van der Waals surface area contributed by atoms with Crippen LogP contribution in [0.3, 0.4) is 0 Å². The predicted octanol–water partition coefficient (Wildman–Crippen LogP) is 4.90. The van der Waals surface area contributed by atoms with Crippen LogP contribution in [0.4, 0.5) is 21.0 Å². The molecular weight excluding hydrogens is 452 g/mol. The maximum absolute atomic E-state index is 12.3. The lowest BCUT2D eigenvalue weighted by Gasteiger charge is -2.18. The molecule has 0 aromatic heterocycles. The van der Waals surface area contributed by atoms with E-state index in [1.807, 2.05) is 38.1 Å². The second kappa shape index (κ2) is 15.1. The molecule has 0 saturated heterocycles. The highest BCUT2D eigenvalue weighted by atomic mass is 16.2. The molecule has 0 bridgehead atoms. The molecule has 198 valence electrons. The first-order valence-electron chi connectivity index (χ1n) is 13.1. The molecule has 0 aliphatic rings. The van der Waals surface area contributed by atoms with Gasteiger partial charge in [-0.05, 0) is 86.5 Å². The Labute approximate surface area is 216 Å². The van der Waals surface area contributed by atoms with Gasteiger partial charge in [-0.2, -0.15) is 0 Å². The summed E-state index contributed by atoms with van der Waals surface area (Å²) in [5.41, 5.74) is 5.65. The molecule has 0 heterocycles. The summed E-state index contributed by atoms with van der Waals surface area (Å²) in [6, 6.07) is 11.6. The van der Waals surface area contributed by atoms with Gasteiger partial charge in [0.25, 0.3) is 0 Å². The monoisotopic (exact) mass is 496 g/mol. The molecule has 0 spiro atoms. The van der Waals surface area contributed by atoms with E-state index in [0.717, 1.165) is 72.9 Å². The number of urea groups is 2. The normalized spacial score (nSPS) is 11.0. The number of anilines is 2. The van der Waals surface area contributed by atoms with E-state index in [1.165, 1.54) is 0 Å². The number of carbonyl (C=O) groups excluding carboxylic acids is 2. The Hall–Kier alpha value is -3.10. The van der Waals surface area contributed by atoms with Gasteiger partial charge in [0, 0.05) is 37.6 Å². The van der Waals surface area contributed by atoms with Crippen molar-refractivity contribution in [1.29, 1.82) is 0 Å². The number of carbonyl (C=O) groups is 2. The van der Waals surface area contributed by atoms with Gasteiger partial charge in [-0.3, -0.25) is 0 Å². The third-order valence-electron chi connectivity index (χ3n) is 6.50. The first kappa shape index (κ1) is 29.1. The molecule has 36 heavy (non-hydrogen) atoms. The third kappa shape index (κ3) is 9.17. The first-order chi connectivity index (χ1) is 17.3. The molecule has 2 rings (SSSR count). The smallest absolute Gasteiger partial charge is 0.319 e. The summed E-state index contributed by atoms with van der Waals surface area (Å²) in [7, 11) is 0. The second-order valence-electron chi connectivity index (χ2n) is 8.87. The molecule has 4 amide bonds. The van der Waals surface area contributed by atoms with Crippen LogP contribution in [-0.2, 0) is 0 Å². The maximum atomic E-state index is 12.3. The number of nitrogens with zero attached hydrogens (tertiary/aromatic N) is 2. The fourth-order valence-corrected chi connectivity index (χ4v) is 4.03. The average Bonchev–Trinajstić information content (AvgIpc) is 2.87. The predicted molar refractivity (Wildman–Crippen MR) is 151 cm³/mol.